The SMILES string of the molecule is CC(C)CN(C(=O)Cc1ccc(C#N)cc1)C1CC1. The molecule has 1 aromatic carbocycles. The number of nitrogens with zero attached hydrogens (tertiary/aromatic N) is 2. The van der Waals surface area contributed by atoms with E-state index in [4.69, 9.17) is 5.26 Å². The van der Waals surface area contributed by atoms with E-state index in [1.807, 2.05) is 17.0 Å². The highest BCUT2D eigenvalue weighted by molar-refractivity contribution is 5.79. The molecule has 1 saturated carbocycles. The Kier molecular flexibility index (Phi) is 4.21. The summed E-state index contributed by atoms with van der Waals surface area (Å²) in [7, 11) is 0. The van der Waals surface area contributed by atoms with Crippen molar-refractivity contribution in [1.82, 2.24) is 4.90 Å². The van der Waals surface area contributed by atoms with Gasteiger partial charge in [-0.3, -0.25) is 4.79 Å². The minimum absolute atomic E-state index is 0.209. The number of benzene rings is 1. The summed E-state index contributed by atoms with van der Waals surface area (Å²) in [6.45, 7) is 5.13. The van der Waals surface area contributed by atoms with Gasteiger partial charge in [-0.1, -0.05) is 26.0 Å². The van der Waals surface area contributed by atoms with Crippen LogP contribution in [0.25, 0.3) is 0 Å². The van der Waals surface area contributed by atoms with Crippen LogP contribution >= 0.6 is 0 Å². The molecular formula is C16H20N2O. The highest BCUT2D eigenvalue weighted by atomic mass is 16.2. The maximum absolute atomic E-state index is 12.3. The third-order valence-corrected chi connectivity index (χ3v) is 3.31. The molecule has 1 amide bonds. The minimum Gasteiger partial charge on any atom is -0.339 e. The molecule has 3 nitrogen and oxygen atoms in total. The number of carbonyl (C=O) groups is 1. The minimum atomic E-state index is 0.209. The maximum Gasteiger partial charge on any atom is 0.227 e. The van der Waals surface area contributed by atoms with Crippen molar-refractivity contribution in [3.8, 4) is 6.07 Å². The second-order valence-electron chi connectivity index (χ2n) is 5.66. The van der Waals surface area contributed by atoms with E-state index < -0.39 is 0 Å². The Bertz CT molecular complexity index is 480. The Labute approximate surface area is 114 Å². The van der Waals surface area contributed by atoms with Gasteiger partial charge in [-0.15, -0.1) is 0 Å². The second kappa shape index (κ2) is 5.88. The van der Waals surface area contributed by atoms with E-state index in [1.165, 1.54) is 0 Å². The fourth-order valence-corrected chi connectivity index (χ4v) is 2.21. The molecule has 0 radical (unpaired) electrons. The number of rotatable bonds is 5. The van der Waals surface area contributed by atoms with E-state index in [0.29, 0.717) is 23.9 Å². The molecule has 0 bridgehead atoms. The maximum atomic E-state index is 12.3. The van der Waals surface area contributed by atoms with E-state index in [9.17, 15) is 4.79 Å². The number of amides is 1. The first-order valence-electron chi connectivity index (χ1n) is 6.88. The van der Waals surface area contributed by atoms with Crippen molar-refractivity contribution in [2.75, 3.05) is 6.54 Å². The first-order valence-corrected chi connectivity index (χ1v) is 6.88. The quantitative estimate of drug-likeness (QED) is 0.813. The topological polar surface area (TPSA) is 44.1 Å². The van der Waals surface area contributed by atoms with Crippen LogP contribution in [0.2, 0.25) is 0 Å². The number of hydrogen-bond acceptors (Lipinski definition) is 2. The van der Waals surface area contributed by atoms with Crippen molar-refractivity contribution in [2.45, 2.75) is 39.2 Å². The van der Waals surface area contributed by atoms with Gasteiger partial charge in [0.1, 0.15) is 0 Å². The van der Waals surface area contributed by atoms with Gasteiger partial charge in [0.15, 0.2) is 0 Å². The van der Waals surface area contributed by atoms with E-state index >= 15 is 0 Å². The number of nitriles is 1. The van der Waals surface area contributed by atoms with E-state index in [2.05, 4.69) is 19.9 Å². The normalized spacial score (nSPS) is 14.2. The lowest BCUT2D eigenvalue weighted by atomic mass is 10.1. The van der Waals surface area contributed by atoms with Gasteiger partial charge < -0.3 is 4.90 Å². The fourth-order valence-electron chi connectivity index (χ4n) is 2.21. The van der Waals surface area contributed by atoms with Crippen LogP contribution in [-0.2, 0) is 11.2 Å². The Morgan fingerprint density at radius 1 is 1.37 bits per heavy atom. The average Bonchev–Trinajstić information content (AvgIpc) is 3.21. The molecule has 3 heteroatoms. The second-order valence-corrected chi connectivity index (χ2v) is 5.66. The molecule has 0 aliphatic heterocycles. The molecule has 1 aliphatic carbocycles. The third kappa shape index (κ3) is 3.82. The van der Waals surface area contributed by atoms with Crippen molar-refractivity contribution in [3.05, 3.63) is 35.4 Å². The molecule has 0 atom stereocenters. The van der Waals surface area contributed by atoms with Gasteiger partial charge >= 0.3 is 0 Å². The van der Waals surface area contributed by atoms with Crippen molar-refractivity contribution in [3.63, 3.8) is 0 Å². The van der Waals surface area contributed by atoms with Gasteiger partial charge in [-0.25, -0.2) is 0 Å². The first-order chi connectivity index (χ1) is 9.10. The monoisotopic (exact) mass is 256 g/mol. The summed E-state index contributed by atoms with van der Waals surface area (Å²) in [6.07, 6.45) is 2.73. The summed E-state index contributed by atoms with van der Waals surface area (Å²) in [5.41, 5.74) is 1.62. The van der Waals surface area contributed by atoms with E-state index in [0.717, 1.165) is 24.9 Å². The van der Waals surface area contributed by atoms with Crippen LogP contribution in [0.5, 0.6) is 0 Å². The summed E-state index contributed by atoms with van der Waals surface area (Å²) in [5.74, 6) is 0.714. The van der Waals surface area contributed by atoms with Gasteiger partial charge in [0, 0.05) is 12.6 Å². The fraction of sp³-hybridized carbons (Fsp3) is 0.500. The number of hydrogen-bond donors (Lipinski definition) is 0. The molecule has 1 aliphatic rings. The lowest BCUT2D eigenvalue weighted by Gasteiger charge is -2.24. The van der Waals surface area contributed by atoms with Crippen LogP contribution in [0.3, 0.4) is 0 Å². The standard InChI is InChI=1S/C16H20N2O/c1-12(2)11-18(15-7-8-15)16(19)9-13-3-5-14(10-17)6-4-13/h3-6,12,15H,7-9,11H2,1-2H3. The van der Waals surface area contributed by atoms with Crippen molar-refractivity contribution in [2.24, 2.45) is 5.92 Å². The van der Waals surface area contributed by atoms with Gasteiger partial charge in [0.25, 0.3) is 0 Å². The summed E-state index contributed by atoms with van der Waals surface area (Å²) >= 11 is 0. The molecule has 0 unspecified atom stereocenters. The highest BCUT2D eigenvalue weighted by Gasteiger charge is 2.32. The van der Waals surface area contributed by atoms with E-state index in [1.54, 1.807) is 12.1 Å². The molecule has 0 spiro atoms. The lowest BCUT2D eigenvalue weighted by Crippen LogP contribution is -2.37. The molecule has 100 valence electrons. The zero-order valence-corrected chi connectivity index (χ0v) is 11.6. The van der Waals surface area contributed by atoms with Gasteiger partial charge in [-0.05, 0) is 36.5 Å². The van der Waals surface area contributed by atoms with Gasteiger partial charge in [0.2, 0.25) is 5.91 Å². The van der Waals surface area contributed by atoms with Crippen LogP contribution in [0.1, 0.15) is 37.8 Å². The van der Waals surface area contributed by atoms with Crippen molar-refractivity contribution >= 4 is 5.91 Å². The summed E-state index contributed by atoms with van der Waals surface area (Å²) < 4.78 is 0. The molecule has 1 fully saturated rings. The molecule has 2 rings (SSSR count). The van der Waals surface area contributed by atoms with Crippen LogP contribution < -0.4 is 0 Å². The van der Waals surface area contributed by atoms with Crippen molar-refractivity contribution < 1.29 is 4.79 Å². The smallest absolute Gasteiger partial charge is 0.227 e. The molecule has 19 heavy (non-hydrogen) atoms. The Balaban J connectivity index is 1.99. The molecular weight excluding hydrogens is 236 g/mol. The van der Waals surface area contributed by atoms with Crippen LogP contribution in [0.4, 0.5) is 0 Å². The molecule has 0 N–H and O–H groups in total. The Morgan fingerprint density at radius 2 is 2.00 bits per heavy atom. The highest BCUT2D eigenvalue weighted by Crippen LogP contribution is 2.28. The van der Waals surface area contributed by atoms with Crippen LogP contribution in [0.15, 0.2) is 24.3 Å². The Morgan fingerprint density at radius 3 is 2.47 bits per heavy atom. The largest absolute Gasteiger partial charge is 0.339 e. The first kappa shape index (κ1) is 13.6. The molecule has 0 saturated heterocycles. The van der Waals surface area contributed by atoms with Crippen LogP contribution in [-0.4, -0.2) is 23.4 Å². The Hall–Kier alpha value is -1.82. The lowest BCUT2D eigenvalue weighted by molar-refractivity contribution is -0.131. The summed E-state index contributed by atoms with van der Waals surface area (Å²) in [6, 6.07) is 9.84. The zero-order valence-electron chi connectivity index (χ0n) is 11.6. The van der Waals surface area contributed by atoms with Gasteiger partial charge in [0.05, 0.1) is 18.1 Å². The average molecular weight is 256 g/mol. The predicted octanol–water partition coefficient (Wildman–Crippen LogP) is 2.75. The summed E-state index contributed by atoms with van der Waals surface area (Å²) in [5, 5.41) is 8.75. The zero-order chi connectivity index (χ0) is 13.8. The molecule has 0 heterocycles. The van der Waals surface area contributed by atoms with Crippen LogP contribution in [0, 0.1) is 17.2 Å². The molecule has 0 aromatic heterocycles. The number of carbonyl (C=O) groups excluding carboxylic acids is 1. The van der Waals surface area contributed by atoms with Crippen molar-refractivity contribution in [1.29, 1.82) is 5.26 Å². The predicted molar refractivity (Wildman–Crippen MR) is 74.4 cm³/mol. The van der Waals surface area contributed by atoms with E-state index in [-0.39, 0.29) is 5.91 Å². The molecule has 1 aromatic rings. The van der Waals surface area contributed by atoms with Gasteiger partial charge in [-0.2, -0.15) is 5.26 Å². The summed E-state index contributed by atoms with van der Waals surface area (Å²) in [4.78, 5) is 14.4. The third-order valence-electron chi connectivity index (χ3n) is 3.31.